The van der Waals surface area contributed by atoms with Gasteiger partial charge in [0, 0.05) is 4.88 Å². The van der Waals surface area contributed by atoms with Crippen molar-refractivity contribution in [2.75, 3.05) is 17.9 Å². The molecule has 0 saturated heterocycles. The summed E-state index contributed by atoms with van der Waals surface area (Å²) < 4.78 is 4.75. The van der Waals surface area contributed by atoms with Crippen LogP contribution in [-0.2, 0) is 16.0 Å². The summed E-state index contributed by atoms with van der Waals surface area (Å²) >= 11 is 1.43. The number of ether oxygens (including phenoxy) is 1. The van der Waals surface area contributed by atoms with Crippen molar-refractivity contribution >= 4 is 39.7 Å². The number of methoxy groups -OCH3 is 1. The van der Waals surface area contributed by atoms with E-state index in [1.807, 2.05) is 13.8 Å². The molecule has 2 N–H and O–H groups in total. The first kappa shape index (κ1) is 20.3. The molecule has 0 atom stereocenters. The fourth-order valence-corrected chi connectivity index (χ4v) is 3.19. The van der Waals surface area contributed by atoms with Gasteiger partial charge in [0.05, 0.1) is 24.1 Å². The summed E-state index contributed by atoms with van der Waals surface area (Å²) in [6, 6.07) is 6.73. The van der Waals surface area contributed by atoms with E-state index in [-0.39, 0.29) is 5.71 Å². The Labute approximate surface area is 162 Å². The minimum absolute atomic E-state index is 0.112. The highest BCUT2D eigenvalue weighted by atomic mass is 32.1. The Balaban J connectivity index is 2.23. The molecule has 0 bridgehead atoms. The molecule has 0 aliphatic heterocycles. The van der Waals surface area contributed by atoms with E-state index in [0.29, 0.717) is 22.0 Å². The molecule has 1 heterocycles. The Bertz CT molecular complexity index is 902. The number of rotatable bonds is 7. The first-order valence-electron chi connectivity index (χ1n) is 8.31. The molecule has 1 aromatic carbocycles. The average Bonchev–Trinajstić information content (AvgIpc) is 3.00. The molecule has 2 aromatic rings. The lowest BCUT2D eigenvalue weighted by Gasteiger charge is -2.09. The molecule has 1 aromatic heterocycles. The van der Waals surface area contributed by atoms with Gasteiger partial charge in [0.1, 0.15) is 0 Å². The Morgan fingerprint density at radius 1 is 1.33 bits per heavy atom. The second-order valence-corrected chi connectivity index (χ2v) is 6.81. The van der Waals surface area contributed by atoms with Gasteiger partial charge in [-0.05, 0) is 38.0 Å². The number of carbonyl (C=O) groups excluding carboxylic acids is 2. The Morgan fingerprint density at radius 2 is 2.04 bits per heavy atom. The predicted octanol–water partition coefficient (Wildman–Crippen LogP) is 3.78. The molecule has 8 heteroatoms. The Kier molecular flexibility index (Phi) is 6.84. The van der Waals surface area contributed by atoms with Gasteiger partial charge in [0.25, 0.3) is 5.91 Å². The fourth-order valence-electron chi connectivity index (χ4n) is 2.29. The smallest absolute Gasteiger partial charge is 0.340 e. The monoisotopic (exact) mass is 386 g/mol. The SMILES string of the molecule is C=C(C)/C(=N\Nc1ccccc1C(=O)OC)C(=O)Nc1nc(C)c(CC)s1. The number of benzene rings is 1. The van der Waals surface area contributed by atoms with E-state index < -0.39 is 11.9 Å². The third kappa shape index (κ3) is 5.01. The number of anilines is 2. The molecule has 0 aliphatic carbocycles. The fraction of sp³-hybridized carbons (Fsp3) is 0.263. The molecule has 0 saturated carbocycles. The summed E-state index contributed by atoms with van der Waals surface area (Å²) in [5.41, 5.74) is 4.97. The van der Waals surface area contributed by atoms with Crippen molar-refractivity contribution in [1.82, 2.24) is 4.98 Å². The van der Waals surface area contributed by atoms with Crippen LogP contribution in [-0.4, -0.2) is 29.7 Å². The van der Waals surface area contributed by atoms with E-state index >= 15 is 0 Å². The largest absolute Gasteiger partial charge is 0.465 e. The normalized spacial score (nSPS) is 11.0. The van der Waals surface area contributed by atoms with E-state index in [9.17, 15) is 9.59 Å². The van der Waals surface area contributed by atoms with Gasteiger partial charge in [-0.15, -0.1) is 11.3 Å². The van der Waals surface area contributed by atoms with Crippen molar-refractivity contribution in [3.05, 3.63) is 52.6 Å². The number of hydrazone groups is 1. The lowest BCUT2D eigenvalue weighted by Crippen LogP contribution is -2.24. The minimum Gasteiger partial charge on any atom is -0.465 e. The third-order valence-corrected chi connectivity index (χ3v) is 4.89. The number of para-hydroxylation sites is 1. The van der Waals surface area contributed by atoms with E-state index in [2.05, 4.69) is 27.4 Å². The van der Waals surface area contributed by atoms with Crippen molar-refractivity contribution in [1.29, 1.82) is 0 Å². The number of esters is 1. The Hall–Kier alpha value is -3.00. The van der Waals surface area contributed by atoms with Gasteiger partial charge < -0.3 is 4.74 Å². The number of aryl methyl sites for hydroxylation is 2. The molecule has 0 unspecified atom stereocenters. The molecule has 27 heavy (non-hydrogen) atoms. The van der Waals surface area contributed by atoms with Gasteiger partial charge in [0.15, 0.2) is 10.8 Å². The van der Waals surface area contributed by atoms with Crippen LogP contribution in [0.2, 0.25) is 0 Å². The molecule has 0 aliphatic rings. The van der Waals surface area contributed by atoms with Gasteiger partial charge >= 0.3 is 5.97 Å². The van der Waals surface area contributed by atoms with Gasteiger partial charge in [-0.2, -0.15) is 5.10 Å². The number of amides is 1. The number of hydrogen-bond donors (Lipinski definition) is 2. The van der Waals surface area contributed by atoms with Crippen LogP contribution in [0.15, 0.2) is 41.5 Å². The lowest BCUT2D eigenvalue weighted by atomic mass is 10.2. The first-order chi connectivity index (χ1) is 12.9. The molecule has 2 rings (SSSR count). The number of nitrogens with zero attached hydrogens (tertiary/aromatic N) is 2. The maximum atomic E-state index is 12.6. The van der Waals surface area contributed by atoms with Crippen LogP contribution in [0.3, 0.4) is 0 Å². The van der Waals surface area contributed by atoms with Crippen LogP contribution in [0, 0.1) is 6.92 Å². The van der Waals surface area contributed by atoms with Crippen LogP contribution in [0.25, 0.3) is 0 Å². The van der Waals surface area contributed by atoms with Crippen molar-refractivity contribution in [2.24, 2.45) is 5.10 Å². The number of carbonyl (C=O) groups is 2. The maximum absolute atomic E-state index is 12.6. The van der Waals surface area contributed by atoms with Gasteiger partial charge in [0.2, 0.25) is 0 Å². The molecule has 142 valence electrons. The zero-order valence-corrected chi connectivity index (χ0v) is 16.6. The van der Waals surface area contributed by atoms with Crippen LogP contribution in [0.4, 0.5) is 10.8 Å². The highest BCUT2D eigenvalue weighted by Crippen LogP contribution is 2.23. The molecule has 1 amide bonds. The first-order valence-corrected chi connectivity index (χ1v) is 9.13. The highest BCUT2D eigenvalue weighted by Gasteiger charge is 2.17. The van der Waals surface area contributed by atoms with E-state index in [0.717, 1.165) is 17.0 Å². The molecule has 0 spiro atoms. The summed E-state index contributed by atoms with van der Waals surface area (Å²) in [6.07, 6.45) is 0.854. The molecular weight excluding hydrogens is 364 g/mol. The van der Waals surface area contributed by atoms with Gasteiger partial charge in [-0.3, -0.25) is 15.5 Å². The third-order valence-electron chi connectivity index (χ3n) is 3.67. The second kappa shape index (κ2) is 9.09. The minimum atomic E-state index is -0.500. The summed E-state index contributed by atoms with van der Waals surface area (Å²) in [4.78, 5) is 29.9. The van der Waals surface area contributed by atoms with Crippen molar-refractivity contribution in [2.45, 2.75) is 27.2 Å². The van der Waals surface area contributed by atoms with E-state index in [1.54, 1.807) is 31.2 Å². The Morgan fingerprint density at radius 3 is 2.63 bits per heavy atom. The van der Waals surface area contributed by atoms with Crippen LogP contribution >= 0.6 is 11.3 Å². The molecular formula is C19H22N4O3S. The molecule has 0 fully saturated rings. The number of thiazole rings is 1. The van der Waals surface area contributed by atoms with E-state index in [1.165, 1.54) is 18.4 Å². The maximum Gasteiger partial charge on any atom is 0.340 e. The summed E-state index contributed by atoms with van der Waals surface area (Å²) in [7, 11) is 1.30. The second-order valence-electron chi connectivity index (χ2n) is 5.72. The summed E-state index contributed by atoms with van der Waals surface area (Å²) in [5.74, 6) is -0.929. The summed E-state index contributed by atoms with van der Waals surface area (Å²) in [5, 5.41) is 7.40. The summed E-state index contributed by atoms with van der Waals surface area (Å²) in [6.45, 7) is 9.42. The van der Waals surface area contributed by atoms with Crippen molar-refractivity contribution < 1.29 is 14.3 Å². The number of aromatic nitrogens is 1. The number of hydrogen-bond acceptors (Lipinski definition) is 7. The molecule has 7 nitrogen and oxygen atoms in total. The standard InChI is InChI=1S/C19H22N4O3S/c1-6-15-12(4)20-19(27-15)21-17(24)16(11(2)3)23-22-14-10-8-7-9-13(14)18(25)26-5/h7-10,22H,2,6H2,1,3-5H3,(H,20,21,24)/b23-16+. The molecule has 0 radical (unpaired) electrons. The zero-order chi connectivity index (χ0) is 20.0. The highest BCUT2D eigenvalue weighted by molar-refractivity contribution is 7.16. The van der Waals surface area contributed by atoms with Gasteiger partial charge in [-0.1, -0.05) is 25.6 Å². The van der Waals surface area contributed by atoms with E-state index in [4.69, 9.17) is 4.74 Å². The van der Waals surface area contributed by atoms with Crippen LogP contribution < -0.4 is 10.7 Å². The van der Waals surface area contributed by atoms with Crippen LogP contribution in [0.1, 0.15) is 34.8 Å². The predicted molar refractivity (Wildman–Crippen MR) is 109 cm³/mol. The van der Waals surface area contributed by atoms with Gasteiger partial charge in [-0.25, -0.2) is 9.78 Å². The topological polar surface area (TPSA) is 92.7 Å². The lowest BCUT2D eigenvalue weighted by molar-refractivity contribution is -0.110. The zero-order valence-electron chi connectivity index (χ0n) is 15.8. The average molecular weight is 386 g/mol. The quantitative estimate of drug-likeness (QED) is 0.429. The van der Waals surface area contributed by atoms with Crippen LogP contribution in [0.5, 0.6) is 0 Å². The number of nitrogens with one attached hydrogen (secondary N) is 2. The van der Waals surface area contributed by atoms with Crippen molar-refractivity contribution in [3.63, 3.8) is 0 Å². The van der Waals surface area contributed by atoms with Crippen molar-refractivity contribution in [3.8, 4) is 0 Å².